The summed E-state index contributed by atoms with van der Waals surface area (Å²) < 4.78 is 0. The summed E-state index contributed by atoms with van der Waals surface area (Å²) in [5.74, 6) is 0. The minimum absolute atomic E-state index is 1.07. The summed E-state index contributed by atoms with van der Waals surface area (Å²) in [7, 11) is 0. The average molecular weight is 273 g/mol. The molecular weight excluding hydrogens is 254 g/mol. The Kier molecular flexibility index (Phi) is 4.02. The Balaban J connectivity index is 1.78. The first-order valence-corrected chi connectivity index (χ1v) is 7.30. The normalized spacial score (nSPS) is 14.0. The molecule has 1 aliphatic heterocycles. The van der Waals surface area contributed by atoms with E-state index < -0.39 is 0 Å². The molecule has 1 aliphatic rings. The van der Waals surface area contributed by atoms with Crippen LogP contribution in [0.5, 0.6) is 0 Å². The maximum atomic E-state index is 3.65. The largest absolute Gasteiger partial charge is 0.341 e. The number of anilines is 2. The Hall–Kier alpha value is -2.54. The van der Waals surface area contributed by atoms with Crippen molar-refractivity contribution >= 4 is 17.5 Å². The van der Waals surface area contributed by atoms with E-state index in [0.717, 1.165) is 13.0 Å². The van der Waals surface area contributed by atoms with Crippen LogP contribution in [0.15, 0.2) is 79.4 Å². The van der Waals surface area contributed by atoms with Crippen LogP contribution in [0.2, 0.25) is 0 Å². The molecular formula is C20H19N. The topological polar surface area (TPSA) is 3.24 Å². The molecule has 0 fully saturated rings. The van der Waals surface area contributed by atoms with Gasteiger partial charge in [-0.25, -0.2) is 0 Å². The SMILES string of the molecule is C=C/C=C\C=C/c1ccc(N2CCc3ccccc32)cc1. The minimum Gasteiger partial charge on any atom is -0.341 e. The Labute approximate surface area is 126 Å². The second-order valence-electron chi connectivity index (χ2n) is 5.10. The van der Waals surface area contributed by atoms with E-state index >= 15 is 0 Å². The number of nitrogens with zero attached hydrogens (tertiary/aromatic N) is 1. The Morgan fingerprint density at radius 1 is 0.905 bits per heavy atom. The second kappa shape index (κ2) is 6.27. The molecule has 0 spiro atoms. The Bertz CT molecular complexity index is 677. The first-order valence-electron chi connectivity index (χ1n) is 7.30. The van der Waals surface area contributed by atoms with Gasteiger partial charge in [-0.1, -0.05) is 67.3 Å². The zero-order valence-corrected chi connectivity index (χ0v) is 12.1. The van der Waals surface area contributed by atoms with E-state index in [1.165, 1.54) is 22.5 Å². The molecule has 0 aromatic heterocycles. The lowest BCUT2D eigenvalue weighted by molar-refractivity contribution is 0.998. The van der Waals surface area contributed by atoms with Crippen LogP contribution in [0, 0.1) is 0 Å². The fourth-order valence-corrected chi connectivity index (χ4v) is 2.68. The fraction of sp³-hybridized carbons (Fsp3) is 0.100. The van der Waals surface area contributed by atoms with Crippen LogP contribution in [-0.4, -0.2) is 6.54 Å². The van der Waals surface area contributed by atoms with Gasteiger partial charge < -0.3 is 4.90 Å². The molecule has 1 nitrogen and oxygen atoms in total. The summed E-state index contributed by atoms with van der Waals surface area (Å²) in [5, 5.41) is 0. The highest BCUT2D eigenvalue weighted by Crippen LogP contribution is 2.34. The summed E-state index contributed by atoms with van der Waals surface area (Å²) in [6.07, 6.45) is 10.9. The van der Waals surface area contributed by atoms with Crippen LogP contribution in [-0.2, 0) is 6.42 Å². The first-order chi connectivity index (χ1) is 10.4. The monoisotopic (exact) mass is 273 g/mol. The standard InChI is InChI=1S/C20H19N/c1-2-3-4-5-8-17-11-13-19(14-12-17)21-16-15-18-9-6-7-10-20(18)21/h2-14H,1,15-16H2/b4-3-,8-5-. The second-order valence-corrected chi connectivity index (χ2v) is 5.10. The molecule has 1 heteroatoms. The Morgan fingerprint density at radius 2 is 1.71 bits per heavy atom. The molecule has 0 N–H and O–H groups in total. The molecule has 0 unspecified atom stereocenters. The number of rotatable bonds is 4. The summed E-state index contributed by atoms with van der Waals surface area (Å²) in [6.45, 7) is 4.72. The predicted octanol–water partition coefficient (Wildman–Crippen LogP) is 5.14. The quantitative estimate of drug-likeness (QED) is 0.697. The van der Waals surface area contributed by atoms with Crippen molar-refractivity contribution in [2.24, 2.45) is 0 Å². The molecule has 0 amide bonds. The smallest absolute Gasteiger partial charge is 0.0444 e. The molecule has 0 saturated heterocycles. The van der Waals surface area contributed by atoms with E-state index in [-0.39, 0.29) is 0 Å². The van der Waals surface area contributed by atoms with E-state index in [0.29, 0.717) is 0 Å². The molecule has 3 rings (SSSR count). The molecule has 0 saturated carbocycles. The number of benzene rings is 2. The number of fused-ring (bicyclic) bond motifs is 1. The molecule has 1 heterocycles. The van der Waals surface area contributed by atoms with Crippen molar-refractivity contribution in [3.05, 3.63) is 90.5 Å². The zero-order chi connectivity index (χ0) is 14.5. The van der Waals surface area contributed by atoms with Crippen LogP contribution >= 0.6 is 0 Å². The van der Waals surface area contributed by atoms with Crippen molar-refractivity contribution in [2.75, 3.05) is 11.4 Å². The van der Waals surface area contributed by atoms with Crippen molar-refractivity contribution in [1.29, 1.82) is 0 Å². The van der Waals surface area contributed by atoms with E-state index in [1.807, 2.05) is 18.2 Å². The minimum atomic E-state index is 1.07. The van der Waals surface area contributed by atoms with Crippen LogP contribution in [0.1, 0.15) is 11.1 Å². The predicted molar refractivity (Wildman–Crippen MR) is 92.0 cm³/mol. The highest BCUT2D eigenvalue weighted by molar-refractivity contribution is 5.70. The third-order valence-corrected chi connectivity index (χ3v) is 3.74. The lowest BCUT2D eigenvalue weighted by Gasteiger charge is -2.19. The summed E-state index contributed by atoms with van der Waals surface area (Å²) in [6, 6.07) is 17.4. The van der Waals surface area contributed by atoms with Crippen molar-refractivity contribution in [2.45, 2.75) is 6.42 Å². The van der Waals surface area contributed by atoms with Gasteiger partial charge in [0.2, 0.25) is 0 Å². The van der Waals surface area contributed by atoms with Gasteiger partial charge in [0.25, 0.3) is 0 Å². The van der Waals surface area contributed by atoms with E-state index in [9.17, 15) is 0 Å². The van der Waals surface area contributed by atoms with Gasteiger partial charge in [0.05, 0.1) is 0 Å². The average Bonchev–Trinajstić information content (AvgIpc) is 2.96. The highest BCUT2D eigenvalue weighted by atomic mass is 15.2. The van der Waals surface area contributed by atoms with Crippen molar-refractivity contribution < 1.29 is 0 Å². The van der Waals surface area contributed by atoms with Crippen LogP contribution < -0.4 is 4.90 Å². The molecule has 2 aromatic carbocycles. The van der Waals surface area contributed by atoms with Gasteiger partial charge in [0.15, 0.2) is 0 Å². The molecule has 104 valence electrons. The highest BCUT2D eigenvalue weighted by Gasteiger charge is 2.19. The maximum Gasteiger partial charge on any atom is 0.0444 e. The molecule has 0 radical (unpaired) electrons. The van der Waals surface area contributed by atoms with Gasteiger partial charge in [-0.15, -0.1) is 0 Å². The number of hydrogen-bond acceptors (Lipinski definition) is 1. The maximum absolute atomic E-state index is 3.65. The van der Waals surface area contributed by atoms with E-state index in [2.05, 4.69) is 66.1 Å². The van der Waals surface area contributed by atoms with Crippen molar-refractivity contribution in [3.63, 3.8) is 0 Å². The molecule has 2 aromatic rings. The van der Waals surface area contributed by atoms with Gasteiger partial charge >= 0.3 is 0 Å². The number of hydrogen-bond donors (Lipinski definition) is 0. The van der Waals surface area contributed by atoms with E-state index in [4.69, 9.17) is 0 Å². The third-order valence-electron chi connectivity index (χ3n) is 3.74. The van der Waals surface area contributed by atoms with Gasteiger partial charge in [0.1, 0.15) is 0 Å². The lowest BCUT2D eigenvalue weighted by atomic mass is 10.1. The third kappa shape index (κ3) is 2.97. The van der Waals surface area contributed by atoms with Gasteiger partial charge in [-0.3, -0.25) is 0 Å². The van der Waals surface area contributed by atoms with Gasteiger partial charge in [-0.2, -0.15) is 0 Å². The zero-order valence-electron chi connectivity index (χ0n) is 12.1. The van der Waals surface area contributed by atoms with Crippen molar-refractivity contribution in [3.8, 4) is 0 Å². The first kappa shape index (κ1) is 13.4. The van der Waals surface area contributed by atoms with Crippen LogP contribution in [0.3, 0.4) is 0 Å². The molecule has 0 aliphatic carbocycles. The van der Waals surface area contributed by atoms with Gasteiger partial charge in [0, 0.05) is 17.9 Å². The lowest BCUT2D eigenvalue weighted by Crippen LogP contribution is -2.12. The number of para-hydroxylation sites is 1. The molecule has 0 atom stereocenters. The fourth-order valence-electron chi connectivity index (χ4n) is 2.68. The summed E-state index contributed by atoms with van der Waals surface area (Å²) in [5.41, 5.74) is 5.25. The molecule has 0 bridgehead atoms. The van der Waals surface area contributed by atoms with Crippen LogP contribution in [0.4, 0.5) is 11.4 Å². The van der Waals surface area contributed by atoms with Crippen molar-refractivity contribution in [1.82, 2.24) is 0 Å². The molecule has 21 heavy (non-hydrogen) atoms. The summed E-state index contributed by atoms with van der Waals surface area (Å²) >= 11 is 0. The number of allylic oxidation sites excluding steroid dienone is 4. The summed E-state index contributed by atoms with van der Waals surface area (Å²) in [4.78, 5) is 2.39. The van der Waals surface area contributed by atoms with Crippen LogP contribution in [0.25, 0.3) is 6.08 Å². The van der Waals surface area contributed by atoms with E-state index in [1.54, 1.807) is 6.08 Å². The Morgan fingerprint density at radius 3 is 2.52 bits per heavy atom. The van der Waals surface area contributed by atoms with Gasteiger partial charge in [-0.05, 0) is 35.7 Å².